The molecule has 118 valence electrons. The van der Waals surface area contributed by atoms with Crippen LogP contribution in [0, 0.1) is 0 Å². The number of hydrogen-bond donors (Lipinski definition) is 1. The Morgan fingerprint density at radius 2 is 2.05 bits per heavy atom. The highest BCUT2D eigenvalue weighted by molar-refractivity contribution is 7.89. The summed E-state index contributed by atoms with van der Waals surface area (Å²) in [6.45, 7) is 4.13. The maximum atomic E-state index is 12.7. The first-order chi connectivity index (χ1) is 10.1. The molecule has 1 aromatic rings. The molecular weight excluding hydrogens is 288 g/mol. The summed E-state index contributed by atoms with van der Waals surface area (Å²) >= 11 is 0. The smallest absolute Gasteiger partial charge is 0.243 e. The lowest BCUT2D eigenvalue weighted by Gasteiger charge is -2.31. The van der Waals surface area contributed by atoms with Gasteiger partial charge in [-0.15, -0.1) is 0 Å². The number of nitrogens with two attached hydrogens (primary N) is 1. The normalized spacial score (nSPS) is 20.6. The zero-order valence-corrected chi connectivity index (χ0v) is 13.3. The van der Waals surface area contributed by atoms with Crippen LogP contribution in [0.15, 0.2) is 29.2 Å². The molecule has 0 amide bonds. The van der Waals surface area contributed by atoms with Crippen LogP contribution in [0.5, 0.6) is 0 Å². The van der Waals surface area contributed by atoms with E-state index in [0.29, 0.717) is 31.1 Å². The van der Waals surface area contributed by atoms with E-state index in [1.165, 1.54) is 4.31 Å². The van der Waals surface area contributed by atoms with Crippen molar-refractivity contribution < 1.29 is 13.2 Å². The second-order valence-corrected chi connectivity index (χ2v) is 7.20. The molecule has 0 saturated carbocycles. The van der Waals surface area contributed by atoms with Crippen molar-refractivity contribution in [2.24, 2.45) is 5.73 Å². The molecule has 1 atom stereocenters. The van der Waals surface area contributed by atoms with Crippen LogP contribution in [0.1, 0.15) is 25.3 Å². The minimum atomic E-state index is -3.42. The van der Waals surface area contributed by atoms with E-state index >= 15 is 0 Å². The van der Waals surface area contributed by atoms with E-state index in [9.17, 15) is 8.42 Å². The summed E-state index contributed by atoms with van der Waals surface area (Å²) in [5, 5.41) is 0. The van der Waals surface area contributed by atoms with E-state index < -0.39 is 10.0 Å². The third-order valence-electron chi connectivity index (χ3n) is 3.74. The fraction of sp³-hybridized carbons (Fsp3) is 0.600. The Hall–Kier alpha value is -0.950. The maximum absolute atomic E-state index is 12.7. The number of sulfonamides is 1. The number of rotatable bonds is 6. The minimum Gasteiger partial charge on any atom is -0.377 e. The standard InChI is InChI=1S/C15H24N2O3S/c1-2-20-14-4-3-11-17(12-14)21(18,19)15-7-5-13(6-8-15)9-10-16/h5-8,14H,2-4,9-12,16H2,1H3. The van der Waals surface area contributed by atoms with Gasteiger partial charge in [0.15, 0.2) is 0 Å². The predicted octanol–water partition coefficient (Wildman–Crippen LogP) is 1.38. The molecule has 1 aliphatic heterocycles. The summed E-state index contributed by atoms with van der Waals surface area (Å²) in [4.78, 5) is 0.348. The van der Waals surface area contributed by atoms with Crippen LogP contribution < -0.4 is 5.73 Å². The fourth-order valence-corrected chi connectivity index (χ4v) is 4.15. The summed E-state index contributed by atoms with van der Waals surface area (Å²) in [5.74, 6) is 0. The SMILES string of the molecule is CCOC1CCCN(S(=O)(=O)c2ccc(CCN)cc2)C1. The summed E-state index contributed by atoms with van der Waals surface area (Å²) in [7, 11) is -3.42. The molecule has 1 heterocycles. The van der Waals surface area contributed by atoms with E-state index in [-0.39, 0.29) is 6.10 Å². The van der Waals surface area contributed by atoms with Crippen molar-refractivity contribution in [2.45, 2.75) is 37.2 Å². The van der Waals surface area contributed by atoms with Crippen LogP contribution in [-0.4, -0.2) is 45.1 Å². The van der Waals surface area contributed by atoms with Crippen molar-refractivity contribution in [3.8, 4) is 0 Å². The minimum absolute atomic E-state index is 0.00929. The first-order valence-electron chi connectivity index (χ1n) is 7.48. The zero-order chi connectivity index (χ0) is 15.3. The Labute approximate surface area is 127 Å². The van der Waals surface area contributed by atoms with E-state index in [2.05, 4.69) is 0 Å². The van der Waals surface area contributed by atoms with Crippen LogP contribution in [0.3, 0.4) is 0 Å². The Morgan fingerprint density at radius 1 is 1.33 bits per heavy atom. The molecule has 1 aliphatic rings. The number of hydrogen-bond acceptors (Lipinski definition) is 4. The maximum Gasteiger partial charge on any atom is 0.243 e. The van der Waals surface area contributed by atoms with Gasteiger partial charge in [-0.3, -0.25) is 0 Å². The van der Waals surface area contributed by atoms with Gasteiger partial charge in [0.25, 0.3) is 0 Å². The highest BCUT2D eigenvalue weighted by atomic mass is 32.2. The summed E-state index contributed by atoms with van der Waals surface area (Å²) in [6.07, 6.45) is 2.54. The molecule has 2 N–H and O–H groups in total. The lowest BCUT2D eigenvalue weighted by molar-refractivity contribution is 0.0265. The number of piperidine rings is 1. The van der Waals surface area contributed by atoms with E-state index in [1.54, 1.807) is 12.1 Å². The number of nitrogens with zero attached hydrogens (tertiary/aromatic N) is 1. The molecule has 0 radical (unpaired) electrons. The van der Waals surface area contributed by atoms with Gasteiger partial charge in [0.05, 0.1) is 11.0 Å². The van der Waals surface area contributed by atoms with Gasteiger partial charge in [0.2, 0.25) is 10.0 Å². The van der Waals surface area contributed by atoms with E-state index in [0.717, 1.165) is 24.8 Å². The van der Waals surface area contributed by atoms with Crippen LogP contribution in [0.25, 0.3) is 0 Å². The third-order valence-corrected chi connectivity index (χ3v) is 5.62. The molecule has 1 saturated heterocycles. The first-order valence-corrected chi connectivity index (χ1v) is 8.92. The van der Waals surface area contributed by atoms with Crippen LogP contribution in [-0.2, 0) is 21.2 Å². The van der Waals surface area contributed by atoms with Crippen molar-refractivity contribution in [2.75, 3.05) is 26.2 Å². The highest BCUT2D eigenvalue weighted by Crippen LogP contribution is 2.22. The molecule has 0 aliphatic carbocycles. The highest BCUT2D eigenvalue weighted by Gasteiger charge is 2.30. The molecule has 21 heavy (non-hydrogen) atoms. The molecule has 0 bridgehead atoms. The van der Waals surface area contributed by atoms with Gasteiger partial charge in [0, 0.05) is 19.7 Å². The van der Waals surface area contributed by atoms with Gasteiger partial charge in [-0.2, -0.15) is 4.31 Å². The lowest BCUT2D eigenvalue weighted by Crippen LogP contribution is -2.43. The summed E-state index contributed by atoms with van der Waals surface area (Å²) in [5.41, 5.74) is 6.56. The van der Waals surface area contributed by atoms with E-state index in [1.807, 2.05) is 19.1 Å². The summed E-state index contributed by atoms with van der Waals surface area (Å²) in [6, 6.07) is 7.02. The van der Waals surface area contributed by atoms with Gasteiger partial charge in [-0.05, 0) is 50.4 Å². The van der Waals surface area contributed by atoms with Gasteiger partial charge in [-0.1, -0.05) is 12.1 Å². The van der Waals surface area contributed by atoms with Crippen molar-refractivity contribution in [1.82, 2.24) is 4.31 Å². The Kier molecular flexibility index (Phi) is 5.75. The molecular formula is C15H24N2O3S. The zero-order valence-electron chi connectivity index (χ0n) is 12.5. The average Bonchev–Trinajstić information content (AvgIpc) is 2.49. The Balaban J connectivity index is 2.13. The molecule has 1 unspecified atom stereocenters. The first kappa shape index (κ1) is 16.4. The second-order valence-electron chi connectivity index (χ2n) is 5.27. The quantitative estimate of drug-likeness (QED) is 0.861. The largest absolute Gasteiger partial charge is 0.377 e. The Bertz CT molecular complexity index is 541. The lowest BCUT2D eigenvalue weighted by atomic mass is 10.1. The van der Waals surface area contributed by atoms with Gasteiger partial charge in [0.1, 0.15) is 0 Å². The van der Waals surface area contributed by atoms with Crippen LogP contribution in [0.4, 0.5) is 0 Å². The monoisotopic (exact) mass is 312 g/mol. The predicted molar refractivity (Wildman–Crippen MR) is 82.6 cm³/mol. The molecule has 1 fully saturated rings. The molecule has 0 spiro atoms. The van der Waals surface area contributed by atoms with Crippen molar-refractivity contribution in [1.29, 1.82) is 0 Å². The van der Waals surface area contributed by atoms with Crippen molar-refractivity contribution in [3.05, 3.63) is 29.8 Å². The molecule has 2 rings (SSSR count). The van der Waals surface area contributed by atoms with Gasteiger partial charge < -0.3 is 10.5 Å². The third kappa shape index (κ3) is 4.03. The van der Waals surface area contributed by atoms with Gasteiger partial charge >= 0.3 is 0 Å². The topological polar surface area (TPSA) is 72.6 Å². The number of benzene rings is 1. The molecule has 5 nitrogen and oxygen atoms in total. The van der Waals surface area contributed by atoms with Crippen LogP contribution >= 0.6 is 0 Å². The van der Waals surface area contributed by atoms with Crippen molar-refractivity contribution in [3.63, 3.8) is 0 Å². The van der Waals surface area contributed by atoms with Gasteiger partial charge in [-0.25, -0.2) is 8.42 Å². The second kappa shape index (κ2) is 7.35. The van der Waals surface area contributed by atoms with Crippen molar-refractivity contribution >= 4 is 10.0 Å². The molecule has 6 heteroatoms. The Morgan fingerprint density at radius 3 is 2.67 bits per heavy atom. The van der Waals surface area contributed by atoms with Crippen LogP contribution in [0.2, 0.25) is 0 Å². The molecule has 1 aromatic carbocycles. The number of ether oxygens (including phenoxy) is 1. The average molecular weight is 312 g/mol. The van der Waals surface area contributed by atoms with E-state index in [4.69, 9.17) is 10.5 Å². The summed E-state index contributed by atoms with van der Waals surface area (Å²) < 4.78 is 32.4. The fourth-order valence-electron chi connectivity index (χ4n) is 2.64. The molecule has 0 aromatic heterocycles.